The summed E-state index contributed by atoms with van der Waals surface area (Å²) in [5, 5.41) is 15.1. The van der Waals surface area contributed by atoms with Crippen LogP contribution in [0.25, 0.3) is 0 Å². The summed E-state index contributed by atoms with van der Waals surface area (Å²) < 4.78 is 6.38. The molecule has 1 unspecified atom stereocenters. The van der Waals surface area contributed by atoms with Crippen molar-refractivity contribution in [3.05, 3.63) is 93.0 Å². The average Bonchev–Trinajstić information content (AvgIpc) is 3.42. The lowest BCUT2D eigenvalue weighted by Crippen LogP contribution is -2.74. The van der Waals surface area contributed by atoms with Crippen LogP contribution in [0.1, 0.15) is 101 Å². The van der Waals surface area contributed by atoms with Gasteiger partial charge in [-0.3, -0.25) is 39.1 Å². The third kappa shape index (κ3) is 6.40. The first kappa shape index (κ1) is 37.7. The molecule has 3 fully saturated rings. The summed E-state index contributed by atoms with van der Waals surface area (Å²) in [6, 6.07) is 17.8. The number of carbonyl (C=O) groups excluding carboxylic acids is 5. The quantitative estimate of drug-likeness (QED) is 0.307. The van der Waals surface area contributed by atoms with Crippen LogP contribution < -0.4 is 20.3 Å². The van der Waals surface area contributed by atoms with Crippen LogP contribution >= 0.6 is 11.6 Å². The molecule has 2 N–H and O–H groups in total. The Kier molecular flexibility index (Phi) is 9.45. The lowest BCUT2D eigenvalue weighted by molar-refractivity contribution is -0.164. The standard InChI is InChI=1S/C43H45ClN6O6/c1-42(2)40(43(3,4)41(42)56-30-10-7-26(22-45)33(44)21-30)47-36(52)24-5-8-28(9-6-24)48-17-14-29(15-18-48)49-16-13-25-19-31-32(20-27(25)23-49)39(55)50(38(31)54)34-11-12-35(51)46-37(34)53/h5-10,19-21,29,34,40-41H,11-18,23H2,1-4H3,(H,47,52)(H,46,51,53). The number of imide groups is 2. The van der Waals surface area contributed by atoms with Gasteiger partial charge in [-0.05, 0) is 85.3 Å². The van der Waals surface area contributed by atoms with Gasteiger partial charge in [0, 0.05) is 72.8 Å². The van der Waals surface area contributed by atoms with Gasteiger partial charge in [0.25, 0.3) is 17.7 Å². The number of nitriles is 1. The predicted molar refractivity (Wildman–Crippen MR) is 208 cm³/mol. The van der Waals surface area contributed by atoms with Crippen LogP contribution in [0.5, 0.6) is 5.75 Å². The van der Waals surface area contributed by atoms with E-state index in [4.69, 9.17) is 16.3 Å². The lowest BCUT2D eigenvalue weighted by atomic mass is 9.49. The molecule has 5 amide bonds. The number of fused-ring (bicyclic) bond motifs is 2. The second-order valence-electron chi connectivity index (χ2n) is 16.9. The smallest absolute Gasteiger partial charge is 0.262 e. The zero-order chi connectivity index (χ0) is 39.7. The molecule has 5 aliphatic rings. The van der Waals surface area contributed by atoms with E-state index >= 15 is 0 Å². The van der Waals surface area contributed by atoms with Crippen LogP contribution in [0.4, 0.5) is 5.69 Å². The van der Waals surface area contributed by atoms with Crippen molar-refractivity contribution in [2.45, 2.75) is 90.6 Å². The Morgan fingerprint density at radius 1 is 0.875 bits per heavy atom. The fourth-order valence-electron chi connectivity index (χ4n) is 9.98. The molecule has 4 heterocycles. The maximum absolute atomic E-state index is 13.5. The van der Waals surface area contributed by atoms with Gasteiger partial charge in [0.2, 0.25) is 11.8 Å². The molecule has 3 aromatic rings. The zero-order valence-corrected chi connectivity index (χ0v) is 32.7. The van der Waals surface area contributed by atoms with Crippen LogP contribution in [0, 0.1) is 22.2 Å². The van der Waals surface area contributed by atoms with Gasteiger partial charge in [-0.1, -0.05) is 39.3 Å². The highest BCUT2D eigenvalue weighted by Gasteiger charge is 2.64. The van der Waals surface area contributed by atoms with Crippen molar-refractivity contribution in [1.82, 2.24) is 20.4 Å². The Labute approximate surface area is 331 Å². The molecular weight excluding hydrogens is 732 g/mol. The molecule has 1 aliphatic carbocycles. The van der Waals surface area contributed by atoms with Crippen molar-refractivity contribution in [3.8, 4) is 11.8 Å². The summed E-state index contributed by atoms with van der Waals surface area (Å²) in [4.78, 5) is 70.3. The number of anilines is 1. The number of benzene rings is 3. The summed E-state index contributed by atoms with van der Waals surface area (Å²) in [6.45, 7) is 11.6. The molecule has 2 saturated heterocycles. The SMILES string of the molecule is CC1(C)C(NC(=O)c2ccc(N3CCC(N4CCc5cc6c(cc5C4)C(=O)N(C4CCC(=O)NC4=O)C6=O)CC3)cc2)C(C)(C)C1Oc1ccc(C#N)c(Cl)c1. The van der Waals surface area contributed by atoms with Crippen molar-refractivity contribution >= 4 is 46.8 Å². The Morgan fingerprint density at radius 3 is 2.16 bits per heavy atom. The number of hydrogen-bond acceptors (Lipinski definition) is 9. The first-order valence-corrected chi connectivity index (χ1v) is 19.7. The zero-order valence-electron chi connectivity index (χ0n) is 32.0. The number of rotatable bonds is 7. The second-order valence-corrected chi connectivity index (χ2v) is 17.3. The maximum atomic E-state index is 13.5. The fourth-order valence-corrected chi connectivity index (χ4v) is 10.2. The normalized spacial score (nSPS) is 24.5. The van der Waals surface area contributed by atoms with Crippen molar-refractivity contribution < 1.29 is 28.7 Å². The number of halogens is 1. The van der Waals surface area contributed by atoms with Crippen LogP contribution in [-0.4, -0.2) is 83.2 Å². The van der Waals surface area contributed by atoms with E-state index in [0.717, 1.165) is 60.6 Å². The minimum absolute atomic E-state index is 0.0898. The highest BCUT2D eigenvalue weighted by atomic mass is 35.5. The van der Waals surface area contributed by atoms with E-state index in [2.05, 4.69) is 54.2 Å². The molecule has 8 rings (SSSR count). The fraction of sp³-hybridized carbons (Fsp3) is 0.442. The third-order valence-corrected chi connectivity index (χ3v) is 13.0. The van der Waals surface area contributed by atoms with E-state index < -0.39 is 29.7 Å². The van der Waals surface area contributed by atoms with Crippen molar-refractivity contribution in [2.75, 3.05) is 24.5 Å². The monoisotopic (exact) mass is 776 g/mol. The Bertz CT molecular complexity index is 2190. The third-order valence-electron chi connectivity index (χ3n) is 12.7. The molecule has 56 heavy (non-hydrogen) atoms. The molecule has 1 atom stereocenters. The molecule has 0 radical (unpaired) electrons. The number of piperidine rings is 2. The van der Waals surface area contributed by atoms with Gasteiger partial charge in [0.15, 0.2) is 0 Å². The van der Waals surface area contributed by atoms with Crippen LogP contribution in [-0.2, 0) is 22.6 Å². The maximum Gasteiger partial charge on any atom is 0.262 e. The Balaban J connectivity index is 0.853. The van der Waals surface area contributed by atoms with Gasteiger partial charge in [-0.15, -0.1) is 0 Å². The molecule has 1 saturated carbocycles. The van der Waals surface area contributed by atoms with E-state index in [9.17, 15) is 29.2 Å². The number of nitrogens with one attached hydrogen (secondary N) is 2. The molecule has 4 aliphatic heterocycles. The first-order chi connectivity index (χ1) is 26.7. The van der Waals surface area contributed by atoms with Crippen molar-refractivity contribution in [3.63, 3.8) is 0 Å². The average molecular weight is 777 g/mol. The Hall–Kier alpha value is -5.25. The van der Waals surface area contributed by atoms with Crippen molar-refractivity contribution in [1.29, 1.82) is 5.26 Å². The van der Waals surface area contributed by atoms with E-state index in [1.54, 1.807) is 18.2 Å². The van der Waals surface area contributed by atoms with E-state index in [1.165, 1.54) is 0 Å². The lowest BCUT2D eigenvalue weighted by Gasteiger charge is -2.63. The van der Waals surface area contributed by atoms with Crippen molar-refractivity contribution in [2.24, 2.45) is 10.8 Å². The minimum Gasteiger partial charge on any atom is -0.489 e. The molecule has 3 aromatic carbocycles. The molecule has 13 heteroatoms. The van der Waals surface area contributed by atoms with Crippen LogP contribution in [0.3, 0.4) is 0 Å². The molecule has 0 bridgehead atoms. The van der Waals surface area contributed by atoms with E-state index in [0.29, 0.717) is 45.6 Å². The number of hydrogen-bond donors (Lipinski definition) is 2. The van der Waals surface area contributed by atoms with Gasteiger partial charge in [-0.25, -0.2) is 0 Å². The summed E-state index contributed by atoms with van der Waals surface area (Å²) in [6.07, 6.45) is 2.73. The minimum atomic E-state index is -0.975. The number of carbonyl (C=O) groups is 5. The van der Waals surface area contributed by atoms with Gasteiger partial charge < -0.3 is 15.0 Å². The van der Waals surface area contributed by atoms with Gasteiger partial charge in [0.05, 0.1) is 21.7 Å². The van der Waals surface area contributed by atoms with Gasteiger partial charge in [0.1, 0.15) is 24.0 Å². The first-order valence-electron chi connectivity index (χ1n) is 19.3. The van der Waals surface area contributed by atoms with E-state index in [1.807, 2.05) is 36.4 Å². The van der Waals surface area contributed by atoms with E-state index in [-0.39, 0.29) is 41.7 Å². The van der Waals surface area contributed by atoms with Gasteiger partial charge in [-0.2, -0.15) is 5.26 Å². The number of ether oxygens (including phenoxy) is 1. The predicted octanol–water partition coefficient (Wildman–Crippen LogP) is 5.25. The summed E-state index contributed by atoms with van der Waals surface area (Å²) in [5.74, 6) is -1.48. The summed E-state index contributed by atoms with van der Waals surface area (Å²) >= 11 is 6.25. The van der Waals surface area contributed by atoms with Crippen LogP contribution in [0.2, 0.25) is 5.02 Å². The molecular formula is C43H45ClN6O6. The number of amides is 5. The number of nitrogens with zero attached hydrogens (tertiary/aromatic N) is 4. The molecule has 0 aromatic heterocycles. The molecule has 0 spiro atoms. The highest BCUT2D eigenvalue weighted by Crippen LogP contribution is 2.55. The Morgan fingerprint density at radius 2 is 1.54 bits per heavy atom. The van der Waals surface area contributed by atoms with Gasteiger partial charge >= 0.3 is 0 Å². The highest BCUT2D eigenvalue weighted by molar-refractivity contribution is 6.31. The summed E-state index contributed by atoms with van der Waals surface area (Å²) in [7, 11) is 0. The largest absolute Gasteiger partial charge is 0.489 e. The molecule has 290 valence electrons. The molecule has 12 nitrogen and oxygen atoms in total. The van der Waals surface area contributed by atoms with Crippen LogP contribution in [0.15, 0.2) is 54.6 Å². The second kappa shape index (κ2) is 14.0. The summed E-state index contributed by atoms with van der Waals surface area (Å²) in [5.41, 5.74) is 4.08. The topological polar surface area (TPSA) is 152 Å².